The van der Waals surface area contributed by atoms with E-state index in [-0.39, 0.29) is 0 Å². The molecule has 0 bridgehead atoms. The molecule has 0 aliphatic heterocycles. The highest BCUT2D eigenvalue weighted by Gasteiger charge is 2.20. The molecule has 1 aromatic carbocycles. The molecule has 0 amide bonds. The van der Waals surface area contributed by atoms with Gasteiger partial charge < -0.3 is 5.21 Å². The van der Waals surface area contributed by atoms with Gasteiger partial charge in [0.15, 0.2) is 0 Å². The number of hydrogen-bond acceptors (Lipinski definition) is 3. The molecule has 0 atom stereocenters. The van der Waals surface area contributed by atoms with Crippen molar-refractivity contribution in [3.63, 3.8) is 0 Å². The molecule has 1 aromatic heterocycles. The molecular formula is C15H14N2O. The second kappa shape index (κ2) is 4.26. The van der Waals surface area contributed by atoms with Gasteiger partial charge in [0, 0.05) is 23.5 Å². The maximum atomic E-state index is 9.36. The van der Waals surface area contributed by atoms with E-state index in [9.17, 15) is 5.21 Å². The summed E-state index contributed by atoms with van der Waals surface area (Å²) in [6.45, 7) is 2.10. The van der Waals surface area contributed by atoms with E-state index in [1.807, 2.05) is 18.2 Å². The van der Waals surface area contributed by atoms with Crippen molar-refractivity contribution in [1.29, 1.82) is 0 Å². The van der Waals surface area contributed by atoms with Gasteiger partial charge in [0.1, 0.15) is 5.71 Å². The van der Waals surface area contributed by atoms with Gasteiger partial charge >= 0.3 is 0 Å². The van der Waals surface area contributed by atoms with Gasteiger partial charge in [0.25, 0.3) is 0 Å². The Kier molecular flexibility index (Phi) is 2.59. The highest BCUT2D eigenvalue weighted by molar-refractivity contribution is 6.14. The van der Waals surface area contributed by atoms with Gasteiger partial charge in [-0.25, -0.2) is 0 Å². The van der Waals surface area contributed by atoms with Gasteiger partial charge in [-0.3, -0.25) is 4.98 Å². The Morgan fingerprint density at radius 1 is 1.17 bits per heavy atom. The molecule has 0 saturated carbocycles. The predicted octanol–water partition coefficient (Wildman–Crippen LogP) is 2.72. The Morgan fingerprint density at radius 2 is 2.06 bits per heavy atom. The molecule has 1 aliphatic carbocycles. The van der Waals surface area contributed by atoms with Crippen LogP contribution in [0.1, 0.15) is 27.8 Å². The quantitative estimate of drug-likeness (QED) is 0.566. The first-order valence-electron chi connectivity index (χ1n) is 6.05. The maximum absolute atomic E-state index is 9.36. The largest absolute Gasteiger partial charge is 0.410 e. The molecule has 90 valence electrons. The zero-order chi connectivity index (χ0) is 12.5. The molecule has 3 nitrogen and oxygen atoms in total. The zero-order valence-electron chi connectivity index (χ0n) is 10.2. The Hall–Kier alpha value is -2.16. The minimum absolute atomic E-state index is 0.634. The van der Waals surface area contributed by atoms with Crippen molar-refractivity contribution in [2.75, 3.05) is 0 Å². The normalized spacial score (nSPS) is 15.9. The lowest BCUT2D eigenvalue weighted by molar-refractivity contribution is 0.319. The molecule has 0 spiro atoms. The Morgan fingerprint density at radius 3 is 2.89 bits per heavy atom. The Bertz CT molecular complexity index is 632. The van der Waals surface area contributed by atoms with Crippen LogP contribution in [0.2, 0.25) is 0 Å². The molecule has 3 rings (SSSR count). The van der Waals surface area contributed by atoms with E-state index < -0.39 is 0 Å². The molecule has 0 saturated heterocycles. The predicted molar refractivity (Wildman–Crippen MR) is 70.2 cm³/mol. The minimum atomic E-state index is 0.634. The average Bonchev–Trinajstić information content (AvgIpc) is 2.56. The van der Waals surface area contributed by atoms with Crippen molar-refractivity contribution < 1.29 is 5.21 Å². The van der Waals surface area contributed by atoms with Crippen LogP contribution in [-0.2, 0) is 12.8 Å². The first-order chi connectivity index (χ1) is 8.81. The van der Waals surface area contributed by atoms with E-state index in [0.717, 1.165) is 24.0 Å². The summed E-state index contributed by atoms with van der Waals surface area (Å²) < 4.78 is 0. The van der Waals surface area contributed by atoms with Gasteiger partial charge in [-0.15, -0.1) is 0 Å². The lowest BCUT2D eigenvalue weighted by Gasteiger charge is -2.09. The molecular weight excluding hydrogens is 224 g/mol. The van der Waals surface area contributed by atoms with E-state index in [0.29, 0.717) is 5.71 Å². The van der Waals surface area contributed by atoms with Gasteiger partial charge in [0.2, 0.25) is 0 Å². The van der Waals surface area contributed by atoms with Crippen LogP contribution in [0, 0.1) is 6.92 Å². The molecule has 0 fully saturated rings. The number of rotatable bonds is 0. The van der Waals surface area contributed by atoms with Crippen LogP contribution in [0.5, 0.6) is 0 Å². The Balaban J connectivity index is 2.29. The molecule has 1 aliphatic rings. The summed E-state index contributed by atoms with van der Waals surface area (Å²) in [5.74, 6) is 0. The number of aryl methyl sites for hydroxylation is 2. The average molecular weight is 238 g/mol. The van der Waals surface area contributed by atoms with Crippen molar-refractivity contribution in [3.05, 3.63) is 64.5 Å². The van der Waals surface area contributed by atoms with Crippen LogP contribution in [0.15, 0.2) is 41.8 Å². The van der Waals surface area contributed by atoms with Crippen molar-refractivity contribution in [2.24, 2.45) is 5.16 Å². The van der Waals surface area contributed by atoms with Crippen molar-refractivity contribution >= 4 is 5.71 Å². The number of hydrogen-bond donors (Lipinski definition) is 1. The van der Waals surface area contributed by atoms with E-state index >= 15 is 0 Å². The fourth-order valence-corrected chi connectivity index (χ4v) is 2.62. The summed E-state index contributed by atoms with van der Waals surface area (Å²) in [6, 6.07) is 8.12. The first-order valence-corrected chi connectivity index (χ1v) is 6.05. The summed E-state index contributed by atoms with van der Waals surface area (Å²) >= 11 is 0. The molecule has 0 radical (unpaired) electrons. The molecule has 18 heavy (non-hydrogen) atoms. The second-order valence-corrected chi connectivity index (χ2v) is 4.58. The van der Waals surface area contributed by atoms with Gasteiger partial charge in [-0.2, -0.15) is 0 Å². The lowest BCUT2D eigenvalue weighted by Crippen LogP contribution is -2.07. The highest BCUT2D eigenvalue weighted by atomic mass is 16.4. The fraction of sp³-hybridized carbons (Fsp3) is 0.200. The summed E-state index contributed by atoms with van der Waals surface area (Å²) in [6.07, 6.45) is 5.49. The number of nitrogens with zero attached hydrogens (tertiary/aromatic N) is 2. The van der Waals surface area contributed by atoms with Crippen LogP contribution >= 0.6 is 0 Å². The second-order valence-electron chi connectivity index (χ2n) is 4.58. The van der Waals surface area contributed by atoms with Gasteiger partial charge in [0.05, 0.1) is 0 Å². The molecule has 0 unspecified atom stereocenters. The van der Waals surface area contributed by atoms with Crippen molar-refractivity contribution in [2.45, 2.75) is 19.8 Å². The van der Waals surface area contributed by atoms with Crippen LogP contribution in [-0.4, -0.2) is 15.9 Å². The first kappa shape index (κ1) is 11.0. The minimum Gasteiger partial charge on any atom is -0.410 e. The highest BCUT2D eigenvalue weighted by Crippen LogP contribution is 2.26. The number of aromatic nitrogens is 1. The number of pyridine rings is 1. The summed E-state index contributed by atoms with van der Waals surface area (Å²) in [7, 11) is 0. The maximum Gasteiger partial charge on any atom is 0.119 e. The molecule has 3 heteroatoms. The standard InChI is InChI=1S/C15H14N2O/c1-10-3-2-4-13-12(10)6-5-11-7-8-16-9-14(11)15(13)17-18/h2-4,7-9,18H,5-6H2,1H3. The topological polar surface area (TPSA) is 45.5 Å². The van der Waals surface area contributed by atoms with E-state index in [1.165, 1.54) is 16.7 Å². The molecule has 2 aromatic rings. The fourth-order valence-electron chi connectivity index (χ4n) is 2.62. The lowest BCUT2D eigenvalue weighted by atomic mass is 9.96. The van der Waals surface area contributed by atoms with E-state index in [1.54, 1.807) is 12.4 Å². The Labute approximate surface area is 106 Å². The summed E-state index contributed by atoms with van der Waals surface area (Å²) in [5.41, 5.74) is 6.28. The monoisotopic (exact) mass is 238 g/mol. The van der Waals surface area contributed by atoms with E-state index in [4.69, 9.17) is 0 Å². The van der Waals surface area contributed by atoms with Crippen molar-refractivity contribution in [3.8, 4) is 0 Å². The SMILES string of the molecule is Cc1cccc2c1CCc1ccncc1C2=NO. The third-order valence-corrected chi connectivity index (χ3v) is 3.58. The van der Waals surface area contributed by atoms with Gasteiger partial charge in [-0.05, 0) is 42.5 Å². The van der Waals surface area contributed by atoms with Crippen molar-refractivity contribution in [1.82, 2.24) is 4.98 Å². The van der Waals surface area contributed by atoms with Crippen LogP contribution in [0.25, 0.3) is 0 Å². The number of benzene rings is 1. The smallest absolute Gasteiger partial charge is 0.119 e. The van der Waals surface area contributed by atoms with Gasteiger partial charge in [-0.1, -0.05) is 23.4 Å². The molecule has 1 heterocycles. The number of fused-ring (bicyclic) bond motifs is 2. The summed E-state index contributed by atoms with van der Waals surface area (Å²) in [4.78, 5) is 4.14. The molecule has 1 N–H and O–H groups in total. The summed E-state index contributed by atoms with van der Waals surface area (Å²) in [5, 5.41) is 12.9. The number of oxime groups is 1. The third-order valence-electron chi connectivity index (χ3n) is 3.58. The van der Waals surface area contributed by atoms with Crippen LogP contribution in [0.3, 0.4) is 0 Å². The van der Waals surface area contributed by atoms with E-state index in [2.05, 4.69) is 23.1 Å². The van der Waals surface area contributed by atoms with Crippen LogP contribution < -0.4 is 0 Å². The van der Waals surface area contributed by atoms with Crippen LogP contribution in [0.4, 0.5) is 0 Å². The third kappa shape index (κ3) is 1.59. The zero-order valence-corrected chi connectivity index (χ0v) is 10.2.